The van der Waals surface area contributed by atoms with Gasteiger partial charge in [-0.25, -0.2) is 0 Å². The lowest BCUT2D eigenvalue weighted by Crippen LogP contribution is -2.41. The fourth-order valence-corrected chi connectivity index (χ4v) is 5.42. The second-order valence-electron chi connectivity index (χ2n) is 9.35. The molecule has 0 unspecified atom stereocenters. The number of piperidine rings is 1. The van der Waals surface area contributed by atoms with Crippen LogP contribution in [0.3, 0.4) is 0 Å². The van der Waals surface area contributed by atoms with Crippen molar-refractivity contribution in [3.8, 4) is 0 Å². The lowest BCUT2D eigenvalue weighted by atomic mass is 9.96. The third kappa shape index (κ3) is 6.44. The summed E-state index contributed by atoms with van der Waals surface area (Å²) in [5.41, 5.74) is 3.63. The number of benzene rings is 2. The third-order valence-corrected chi connectivity index (χ3v) is 7.72. The van der Waals surface area contributed by atoms with Gasteiger partial charge in [-0.2, -0.15) is 0 Å². The molecule has 2 saturated heterocycles. The number of nitrogens with zero attached hydrogens (tertiary/aromatic N) is 2. The third-order valence-electron chi connectivity index (χ3n) is 6.88. The number of nitrogens with one attached hydrogen (secondary N) is 2. The highest BCUT2D eigenvalue weighted by molar-refractivity contribution is 7.98. The molecule has 35 heavy (non-hydrogen) atoms. The molecule has 2 aliphatic heterocycles. The Kier molecular flexibility index (Phi) is 8.46. The van der Waals surface area contributed by atoms with E-state index in [2.05, 4.69) is 46.1 Å². The van der Waals surface area contributed by atoms with Gasteiger partial charge in [0, 0.05) is 42.3 Å². The van der Waals surface area contributed by atoms with Gasteiger partial charge in [0.2, 0.25) is 5.91 Å². The van der Waals surface area contributed by atoms with E-state index in [0.29, 0.717) is 31.1 Å². The number of likely N-dealkylation sites (tertiary alicyclic amines) is 1. The predicted octanol–water partition coefficient (Wildman–Crippen LogP) is 3.81. The molecule has 2 aliphatic rings. The molecule has 2 heterocycles. The van der Waals surface area contributed by atoms with E-state index < -0.39 is 11.8 Å². The number of carbonyl (C=O) groups excluding carboxylic acids is 3. The largest absolute Gasteiger partial charge is 0.348 e. The zero-order valence-electron chi connectivity index (χ0n) is 20.5. The smallest absolute Gasteiger partial charge is 0.313 e. The summed E-state index contributed by atoms with van der Waals surface area (Å²) >= 11 is 1.78. The van der Waals surface area contributed by atoms with Crippen LogP contribution in [-0.4, -0.2) is 55.1 Å². The van der Waals surface area contributed by atoms with E-state index in [1.54, 1.807) is 28.8 Å². The van der Waals surface area contributed by atoms with Gasteiger partial charge in [0.1, 0.15) is 0 Å². The summed E-state index contributed by atoms with van der Waals surface area (Å²) in [5, 5.41) is 5.49. The second kappa shape index (κ2) is 11.7. The Morgan fingerprint density at radius 2 is 1.83 bits per heavy atom. The van der Waals surface area contributed by atoms with Crippen molar-refractivity contribution in [1.82, 2.24) is 10.2 Å². The number of aryl methyl sites for hydroxylation is 1. The van der Waals surface area contributed by atoms with E-state index >= 15 is 0 Å². The Hall–Kier alpha value is -2.84. The molecule has 4 rings (SSSR count). The number of thioether (sulfide) groups is 1. The van der Waals surface area contributed by atoms with Crippen LogP contribution in [0.25, 0.3) is 0 Å². The molecule has 0 bridgehead atoms. The molecular formula is C27H34N4O3S. The molecular weight excluding hydrogens is 460 g/mol. The highest BCUT2D eigenvalue weighted by atomic mass is 32.2. The van der Waals surface area contributed by atoms with E-state index in [9.17, 15) is 14.4 Å². The Morgan fingerprint density at radius 1 is 1.06 bits per heavy atom. The predicted molar refractivity (Wildman–Crippen MR) is 141 cm³/mol. The van der Waals surface area contributed by atoms with Crippen LogP contribution in [0.5, 0.6) is 0 Å². The first-order chi connectivity index (χ1) is 16.9. The average molecular weight is 495 g/mol. The molecule has 2 fully saturated rings. The minimum atomic E-state index is -0.682. The van der Waals surface area contributed by atoms with Gasteiger partial charge in [-0.3, -0.25) is 19.3 Å². The lowest BCUT2D eigenvalue weighted by molar-refractivity contribution is -0.136. The first-order valence-corrected chi connectivity index (χ1v) is 13.5. The van der Waals surface area contributed by atoms with E-state index in [-0.39, 0.29) is 5.91 Å². The standard InChI is InChI=1S/C27H34N4O3S/c1-19-9-10-22(16-23(19)31-13-5-8-25(31)32)29-27(34)26(33)28-17-20-11-14-30(15-12-20)18-21-6-3-4-7-24(21)35-2/h3-4,6-7,9-10,16,20H,5,8,11-15,17-18H2,1-2H3,(H,28,33)(H,29,34). The molecule has 0 aliphatic carbocycles. The van der Waals surface area contributed by atoms with Crippen molar-refractivity contribution >= 4 is 40.9 Å². The molecule has 0 atom stereocenters. The molecule has 2 aromatic carbocycles. The number of hydrogen-bond acceptors (Lipinski definition) is 5. The van der Waals surface area contributed by atoms with Crippen LogP contribution in [0.15, 0.2) is 47.4 Å². The molecule has 2 N–H and O–H groups in total. The van der Waals surface area contributed by atoms with Gasteiger partial charge in [0.25, 0.3) is 0 Å². The fourth-order valence-electron chi connectivity index (χ4n) is 4.81. The minimum absolute atomic E-state index is 0.0915. The molecule has 7 nitrogen and oxygen atoms in total. The topological polar surface area (TPSA) is 81.8 Å². The molecule has 186 valence electrons. The highest BCUT2D eigenvalue weighted by Crippen LogP contribution is 2.28. The molecule has 0 radical (unpaired) electrons. The second-order valence-corrected chi connectivity index (χ2v) is 10.2. The van der Waals surface area contributed by atoms with Crippen molar-refractivity contribution in [2.24, 2.45) is 5.92 Å². The number of amides is 3. The summed E-state index contributed by atoms with van der Waals surface area (Å²) in [6, 6.07) is 13.9. The quantitative estimate of drug-likeness (QED) is 0.452. The maximum absolute atomic E-state index is 12.5. The molecule has 0 saturated carbocycles. The summed E-state index contributed by atoms with van der Waals surface area (Å²) in [6.07, 6.45) is 5.48. The van der Waals surface area contributed by atoms with Gasteiger partial charge in [0.15, 0.2) is 0 Å². The summed E-state index contributed by atoms with van der Waals surface area (Å²) in [4.78, 5) is 42.5. The highest BCUT2D eigenvalue weighted by Gasteiger charge is 2.25. The summed E-state index contributed by atoms with van der Waals surface area (Å²) in [6.45, 7) is 6.03. The van der Waals surface area contributed by atoms with Gasteiger partial charge in [-0.1, -0.05) is 24.3 Å². The van der Waals surface area contributed by atoms with Crippen molar-refractivity contribution in [3.05, 3.63) is 53.6 Å². The summed E-state index contributed by atoms with van der Waals surface area (Å²) in [7, 11) is 0. The van der Waals surface area contributed by atoms with Crippen molar-refractivity contribution < 1.29 is 14.4 Å². The van der Waals surface area contributed by atoms with E-state index in [1.807, 2.05) is 13.0 Å². The average Bonchev–Trinajstić information content (AvgIpc) is 3.30. The fraction of sp³-hybridized carbons (Fsp3) is 0.444. The van der Waals surface area contributed by atoms with Crippen LogP contribution in [0.1, 0.15) is 36.8 Å². The SMILES string of the molecule is CSc1ccccc1CN1CCC(CNC(=O)C(=O)Nc2ccc(C)c(N3CCCC3=O)c2)CC1. The zero-order chi connectivity index (χ0) is 24.8. The normalized spacial score (nSPS) is 17.0. The van der Waals surface area contributed by atoms with Gasteiger partial charge < -0.3 is 15.5 Å². The lowest BCUT2D eigenvalue weighted by Gasteiger charge is -2.32. The number of rotatable bonds is 7. The van der Waals surface area contributed by atoms with E-state index in [4.69, 9.17) is 0 Å². The Morgan fingerprint density at radius 3 is 2.54 bits per heavy atom. The molecule has 0 spiro atoms. The molecule has 8 heteroatoms. The van der Waals surface area contributed by atoms with Crippen LogP contribution in [0.2, 0.25) is 0 Å². The Labute approximate surface area is 211 Å². The number of hydrogen-bond donors (Lipinski definition) is 2. The van der Waals surface area contributed by atoms with Crippen LogP contribution in [-0.2, 0) is 20.9 Å². The maximum Gasteiger partial charge on any atom is 0.313 e. The zero-order valence-corrected chi connectivity index (χ0v) is 21.3. The minimum Gasteiger partial charge on any atom is -0.348 e. The van der Waals surface area contributed by atoms with Gasteiger partial charge in [-0.15, -0.1) is 11.8 Å². The molecule has 2 aromatic rings. The maximum atomic E-state index is 12.5. The number of anilines is 2. The van der Waals surface area contributed by atoms with Gasteiger partial charge in [0.05, 0.1) is 0 Å². The Bertz CT molecular complexity index is 1080. The van der Waals surface area contributed by atoms with E-state index in [0.717, 1.165) is 50.1 Å². The van der Waals surface area contributed by atoms with Crippen LogP contribution in [0.4, 0.5) is 11.4 Å². The first kappa shape index (κ1) is 25.3. The van der Waals surface area contributed by atoms with Crippen molar-refractivity contribution in [2.75, 3.05) is 42.7 Å². The van der Waals surface area contributed by atoms with Crippen LogP contribution < -0.4 is 15.5 Å². The monoisotopic (exact) mass is 494 g/mol. The van der Waals surface area contributed by atoms with E-state index in [1.165, 1.54) is 10.5 Å². The molecule has 0 aromatic heterocycles. The van der Waals surface area contributed by atoms with Crippen molar-refractivity contribution in [3.63, 3.8) is 0 Å². The van der Waals surface area contributed by atoms with Crippen molar-refractivity contribution in [1.29, 1.82) is 0 Å². The van der Waals surface area contributed by atoms with Crippen LogP contribution >= 0.6 is 11.8 Å². The summed E-state index contributed by atoms with van der Waals surface area (Å²) in [5.74, 6) is -0.848. The Balaban J connectivity index is 1.23. The van der Waals surface area contributed by atoms with Gasteiger partial charge >= 0.3 is 11.8 Å². The van der Waals surface area contributed by atoms with Crippen molar-refractivity contribution in [2.45, 2.75) is 44.0 Å². The first-order valence-electron chi connectivity index (χ1n) is 12.3. The number of carbonyl (C=O) groups is 3. The summed E-state index contributed by atoms with van der Waals surface area (Å²) < 4.78 is 0. The van der Waals surface area contributed by atoms with Crippen LogP contribution in [0, 0.1) is 12.8 Å². The molecule has 3 amide bonds. The van der Waals surface area contributed by atoms with Gasteiger partial charge in [-0.05, 0) is 80.8 Å².